The Morgan fingerprint density at radius 1 is 0.963 bits per heavy atom. The third-order valence-corrected chi connectivity index (χ3v) is 14.0. The van der Waals surface area contributed by atoms with E-state index >= 15 is 0 Å². The van der Waals surface area contributed by atoms with Gasteiger partial charge in [0.1, 0.15) is 0 Å². The van der Waals surface area contributed by atoms with E-state index < -0.39 is 0 Å². The first-order chi connectivity index (χ1) is 12.1. The molecule has 1 unspecified atom stereocenters. The van der Waals surface area contributed by atoms with Gasteiger partial charge in [0.05, 0.1) is 0 Å². The van der Waals surface area contributed by atoms with Crippen molar-refractivity contribution < 1.29 is 47.2 Å². The van der Waals surface area contributed by atoms with Crippen LogP contribution in [0.2, 0.25) is 13.1 Å². The third kappa shape index (κ3) is 5.92. The Hall–Kier alpha value is -0.140. The van der Waals surface area contributed by atoms with Crippen LogP contribution in [0.25, 0.3) is 17.2 Å². The summed E-state index contributed by atoms with van der Waals surface area (Å²) in [5, 5.41) is 0. The average Bonchev–Trinajstić information content (AvgIpc) is 2.97. The number of hydrogen-bond donors (Lipinski definition) is 0. The van der Waals surface area contributed by atoms with E-state index in [1.807, 2.05) is 0 Å². The molecule has 0 nitrogen and oxygen atoms in total. The molecular weight excluding hydrogens is 466 g/mol. The number of allylic oxidation sites excluding steroid dienone is 1. The van der Waals surface area contributed by atoms with Gasteiger partial charge in [0.15, 0.2) is 0 Å². The van der Waals surface area contributed by atoms with Crippen LogP contribution in [0, 0.1) is 0 Å². The molecule has 0 saturated heterocycles. The summed E-state index contributed by atoms with van der Waals surface area (Å²) in [6, 6.07) is 16.3. The number of halogens is 2. The van der Waals surface area contributed by atoms with Gasteiger partial charge < -0.3 is 24.8 Å². The molecule has 0 saturated carbocycles. The molecule has 0 spiro atoms. The second-order valence-electron chi connectivity index (χ2n) is 7.26. The van der Waals surface area contributed by atoms with Gasteiger partial charge in [0.25, 0.3) is 0 Å². The summed E-state index contributed by atoms with van der Waals surface area (Å²) in [7, 11) is 0. The van der Waals surface area contributed by atoms with Crippen molar-refractivity contribution in [3.05, 3.63) is 64.7 Å². The SMILES string of the molecule is CCCCc1ccc(-c2cccc3c2C=C(CC)[CH]3[Zr+2][Si](C)C)cc1.[Cl-].[Cl-]. The number of rotatable bonds is 7. The molecule has 0 aliphatic heterocycles. The molecule has 2 aromatic rings. The van der Waals surface area contributed by atoms with Crippen LogP contribution < -0.4 is 24.8 Å². The van der Waals surface area contributed by atoms with Crippen LogP contribution in [0.3, 0.4) is 0 Å². The molecule has 3 rings (SSSR count). The number of aryl methyl sites for hydroxylation is 1. The number of benzene rings is 2. The predicted octanol–water partition coefficient (Wildman–Crippen LogP) is 0.886. The van der Waals surface area contributed by atoms with Gasteiger partial charge in [0.2, 0.25) is 0 Å². The second kappa shape index (κ2) is 11.8. The number of fused-ring (bicyclic) bond motifs is 1. The molecule has 0 heterocycles. The Bertz CT molecular complexity index is 753. The first-order valence-electron chi connectivity index (χ1n) is 9.63. The van der Waals surface area contributed by atoms with Crippen molar-refractivity contribution in [3.63, 3.8) is 0 Å². The van der Waals surface area contributed by atoms with E-state index in [2.05, 4.69) is 75.5 Å². The van der Waals surface area contributed by atoms with Crippen LogP contribution in [0.15, 0.2) is 48.0 Å². The average molecular weight is 496 g/mol. The number of hydrogen-bond acceptors (Lipinski definition) is 0. The first kappa shape index (κ1) is 24.9. The Balaban J connectivity index is 0.00000182. The minimum absolute atomic E-state index is 0. The van der Waals surface area contributed by atoms with Crippen LogP contribution in [-0.2, 0) is 28.8 Å². The van der Waals surface area contributed by atoms with Crippen molar-refractivity contribution in [1.82, 2.24) is 0 Å². The fraction of sp³-hybridized carbons (Fsp3) is 0.391. The molecule has 2 aromatic carbocycles. The second-order valence-corrected chi connectivity index (χ2v) is 20.5. The predicted molar refractivity (Wildman–Crippen MR) is 109 cm³/mol. The maximum Gasteiger partial charge on any atom is -1.00 e. The Morgan fingerprint density at radius 2 is 1.67 bits per heavy atom. The molecule has 1 aliphatic rings. The van der Waals surface area contributed by atoms with Crippen LogP contribution in [0.4, 0.5) is 0 Å². The van der Waals surface area contributed by atoms with E-state index in [9.17, 15) is 0 Å². The fourth-order valence-corrected chi connectivity index (χ4v) is 12.7. The quantitative estimate of drug-likeness (QED) is 0.501. The van der Waals surface area contributed by atoms with Crippen molar-refractivity contribution in [2.24, 2.45) is 0 Å². The fourth-order valence-electron chi connectivity index (χ4n) is 3.71. The molecular formula is C23H29Cl2SiZr. The van der Waals surface area contributed by atoms with Crippen molar-refractivity contribution >= 4 is 12.0 Å². The van der Waals surface area contributed by atoms with Gasteiger partial charge in [-0.25, -0.2) is 0 Å². The summed E-state index contributed by atoms with van der Waals surface area (Å²) in [6.07, 6.45) is 7.50. The standard InChI is InChI=1S/C21H23.C2H6Si.2ClH.Zr/c1-3-5-7-17-10-12-18(13-11-17)20-9-6-8-19-14-16(4-2)15-21(19)20;1-3-2;;;/h6,8-15H,3-5,7H2,1-2H3;1-2H3;2*1H;/q;;;;+2/p-2. The zero-order valence-corrected chi connectivity index (χ0v) is 21.8. The molecule has 0 N–H and O–H groups in total. The van der Waals surface area contributed by atoms with Gasteiger partial charge in [-0.15, -0.1) is 0 Å². The van der Waals surface area contributed by atoms with Crippen molar-refractivity contribution in [2.75, 3.05) is 0 Å². The van der Waals surface area contributed by atoms with E-state index in [0.717, 1.165) is 3.63 Å². The van der Waals surface area contributed by atoms with Crippen LogP contribution >= 0.6 is 0 Å². The zero-order valence-electron chi connectivity index (χ0n) is 16.8. The maximum atomic E-state index is 2.53. The summed E-state index contributed by atoms with van der Waals surface area (Å²) in [5.41, 5.74) is 9.16. The third-order valence-electron chi connectivity index (χ3n) is 5.08. The van der Waals surface area contributed by atoms with E-state index in [1.54, 1.807) is 11.1 Å². The number of unbranched alkanes of at least 4 members (excludes halogenated alkanes) is 1. The topological polar surface area (TPSA) is 0 Å². The van der Waals surface area contributed by atoms with Gasteiger partial charge in [-0.05, 0) is 0 Å². The van der Waals surface area contributed by atoms with Gasteiger partial charge in [-0.3, -0.25) is 0 Å². The normalized spacial score (nSPS) is 14.7. The first-order valence-corrected chi connectivity index (χ1v) is 17.2. The zero-order chi connectivity index (χ0) is 17.8. The van der Waals surface area contributed by atoms with E-state index in [0.29, 0.717) is 0 Å². The molecule has 143 valence electrons. The van der Waals surface area contributed by atoms with Gasteiger partial charge in [-0.1, -0.05) is 0 Å². The van der Waals surface area contributed by atoms with Gasteiger partial charge in [0, 0.05) is 0 Å². The summed E-state index contributed by atoms with van der Waals surface area (Å²) in [6.45, 7) is 9.63. The Labute approximate surface area is 190 Å². The Kier molecular flexibility index (Phi) is 10.8. The van der Waals surface area contributed by atoms with Crippen molar-refractivity contribution in [1.29, 1.82) is 0 Å². The largest absolute Gasteiger partial charge is 1.00 e. The molecule has 1 atom stereocenters. The molecule has 27 heavy (non-hydrogen) atoms. The van der Waals surface area contributed by atoms with Crippen molar-refractivity contribution in [3.8, 4) is 11.1 Å². The molecule has 4 heteroatoms. The molecule has 0 aromatic heterocycles. The monoisotopic (exact) mass is 493 g/mol. The maximum absolute atomic E-state index is 2.53. The molecule has 1 radical (unpaired) electrons. The summed E-state index contributed by atoms with van der Waals surface area (Å²) < 4.78 is 0.830. The van der Waals surface area contributed by atoms with E-state index in [1.165, 1.54) is 47.9 Å². The van der Waals surface area contributed by atoms with Crippen LogP contribution in [0.1, 0.15) is 53.4 Å². The van der Waals surface area contributed by atoms with Gasteiger partial charge in [-0.2, -0.15) is 0 Å². The smallest absolute Gasteiger partial charge is 1.00 e. The van der Waals surface area contributed by atoms with Gasteiger partial charge >= 0.3 is 167 Å². The molecule has 0 fully saturated rings. The summed E-state index contributed by atoms with van der Waals surface area (Å²) >= 11 is -0.332. The Morgan fingerprint density at radius 3 is 2.26 bits per heavy atom. The van der Waals surface area contributed by atoms with E-state index in [4.69, 9.17) is 0 Å². The molecule has 1 aliphatic carbocycles. The summed E-state index contributed by atoms with van der Waals surface area (Å²) in [4.78, 5) is 0. The van der Waals surface area contributed by atoms with Crippen LogP contribution in [0.5, 0.6) is 0 Å². The molecule has 0 bridgehead atoms. The summed E-state index contributed by atoms with van der Waals surface area (Å²) in [5.74, 6) is -0.0634. The molecule has 0 amide bonds. The van der Waals surface area contributed by atoms with Crippen molar-refractivity contribution in [2.45, 2.75) is 56.3 Å². The van der Waals surface area contributed by atoms with E-state index in [-0.39, 0.29) is 53.1 Å². The minimum Gasteiger partial charge on any atom is -1.00 e. The minimum atomic E-state index is -0.332. The van der Waals surface area contributed by atoms with Crippen LogP contribution in [-0.4, -0.2) is 5.92 Å².